The predicted octanol–water partition coefficient (Wildman–Crippen LogP) is 1.48. The van der Waals surface area contributed by atoms with Gasteiger partial charge in [0.1, 0.15) is 24.0 Å². The van der Waals surface area contributed by atoms with Gasteiger partial charge >= 0.3 is 5.63 Å². The average Bonchev–Trinajstić information content (AvgIpc) is 2.60. The molecule has 1 N–H and O–H groups in total. The van der Waals surface area contributed by atoms with Crippen molar-refractivity contribution in [3.05, 3.63) is 40.2 Å². The fourth-order valence-corrected chi connectivity index (χ4v) is 3.23. The third kappa shape index (κ3) is 4.60. The van der Waals surface area contributed by atoms with Gasteiger partial charge in [0.15, 0.2) is 0 Å². The van der Waals surface area contributed by atoms with E-state index in [1.165, 1.54) is 6.07 Å². The molecule has 0 amide bonds. The zero-order valence-corrected chi connectivity index (χ0v) is 14.9. The van der Waals surface area contributed by atoms with Crippen LogP contribution in [0.3, 0.4) is 0 Å². The second kappa shape index (κ2) is 7.99. The molecule has 6 nitrogen and oxygen atoms in total. The topological polar surface area (TPSA) is 66.2 Å². The maximum atomic E-state index is 11.5. The second-order valence-corrected chi connectivity index (χ2v) is 6.61. The molecule has 1 aromatic heterocycles. The summed E-state index contributed by atoms with van der Waals surface area (Å²) in [6.45, 7) is 10.0. The summed E-state index contributed by atoms with van der Waals surface area (Å²) < 4.78 is 10.9. The Morgan fingerprint density at radius 2 is 1.92 bits per heavy atom. The number of β-amino-alcohol motifs (C(OH)–C–C–N with tert-alkyl or cyclic N) is 1. The Morgan fingerprint density at radius 3 is 2.64 bits per heavy atom. The predicted molar refractivity (Wildman–Crippen MR) is 97.3 cm³/mol. The zero-order valence-electron chi connectivity index (χ0n) is 14.9. The molecule has 0 aliphatic carbocycles. The van der Waals surface area contributed by atoms with Crippen LogP contribution >= 0.6 is 0 Å². The molecular weight excluding hydrogens is 320 g/mol. The van der Waals surface area contributed by atoms with E-state index in [4.69, 9.17) is 9.15 Å². The van der Waals surface area contributed by atoms with Crippen LogP contribution in [0, 0.1) is 6.92 Å². The van der Waals surface area contributed by atoms with Crippen molar-refractivity contribution in [2.45, 2.75) is 20.0 Å². The average molecular weight is 346 g/mol. The largest absolute Gasteiger partial charge is 0.491 e. The van der Waals surface area contributed by atoms with Crippen molar-refractivity contribution in [3.63, 3.8) is 0 Å². The van der Waals surface area contributed by atoms with Crippen LogP contribution in [0.25, 0.3) is 11.0 Å². The Kier molecular flexibility index (Phi) is 5.73. The van der Waals surface area contributed by atoms with Crippen LogP contribution < -0.4 is 10.4 Å². The summed E-state index contributed by atoms with van der Waals surface area (Å²) in [5, 5.41) is 11.1. The molecule has 0 bridgehead atoms. The highest BCUT2D eigenvalue weighted by Gasteiger charge is 2.18. The van der Waals surface area contributed by atoms with E-state index >= 15 is 0 Å². The lowest BCUT2D eigenvalue weighted by atomic mass is 10.1. The number of nitrogens with zero attached hydrogens (tertiary/aromatic N) is 2. The molecule has 1 atom stereocenters. The second-order valence-electron chi connectivity index (χ2n) is 6.61. The Bertz CT molecular complexity index is 766. The number of ether oxygens (including phenoxy) is 1. The maximum absolute atomic E-state index is 11.5. The molecule has 1 aliphatic rings. The van der Waals surface area contributed by atoms with Gasteiger partial charge in [0.2, 0.25) is 0 Å². The number of hydrogen-bond acceptors (Lipinski definition) is 6. The van der Waals surface area contributed by atoms with Gasteiger partial charge in [-0.05, 0) is 31.2 Å². The van der Waals surface area contributed by atoms with Gasteiger partial charge in [0, 0.05) is 50.2 Å². The van der Waals surface area contributed by atoms with Crippen molar-refractivity contribution in [1.82, 2.24) is 9.80 Å². The van der Waals surface area contributed by atoms with Crippen LogP contribution in [-0.2, 0) is 0 Å². The fraction of sp³-hybridized carbons (Fsp3) is 0.526. The molecule has 3 rings (SSSR count). The summed E-state index contributed by atoms with van der Waals surface area (Å²) >= 11 is 0. The van der Waals surface area contributed by atoms with E-state index in [-0.39, 0.29) is 12.2 Å². The lowest BCUT2D eigenvalue weighted by molar-refractivity contribution is 0.0471. The van der Waals surface area contributed by atoms with Crippen LogP contribution in [0.4, 0.5) is 0 Å². The number of fused-ring (bicyclic) bond motifs is 1. The lowest BCUT2D eigenvalue weighted by Gasteiger charge is -2.34. The zero-order chi connectivity index (χ0) is 17.8. The molecule has 6 heteroatoms. The van der Waals surface area contributed by atoms with Crippen LogP contribution in [-0.4, -0.2) is 66.9 Å². The molecule has 25 heavy (non-hydrogen) atoms. The first-order chi connectivity index (χ1) is 12.0. The van der Waals surface area contributed by atoms with E-state index in [1.54, 1.807) is 6.07 Å². The molecule has 2 aromatic rings. The van der Waals surface area contributed by atoms with Crippen LogP contribution in [0.1, 0.15) is 12.5 Å². The Hall–Kier alpha value is -1.89. The third-order valence-corrected chi connectivity index (χ3v) is 4.75. The van der Waals surface area contributed by atoms with E-state index in [1.807, 2.05) is 19.1 Å². The number of piperazine rings is 1. The Labute approximate surface area is 147 Å². The number of aryl methyl sites for hydroxylation is 1. The summed E-state index contributed by atoms with van der Waals surface area (Å²) in [6.07, 6.45) is -0.548. The molecule has 1 aromatic carbocycles. The standard InChI is InChI=1S/C19H26N2O4/c1-3-20-6-8-21(9-7-20)12-15(22)13-24-16-4-5-17-14(2)10-19(23)25-18(17)11-16/h4-5,10-11,15,22H,3,6-9,12-13H2,1-2H3. The van der Waals surface area contributed by atoms with Gasteiger partial charge in [-0.2, -0.15) is 0 Å². The van der Waals surface area contributed by atoms with E-state index in [0.717, 1.165) is 43.7 Å². The van der Waals surface area contributed by atoms with Gasteiger partial charge in [-0.1, -0.05) is 6.92 Å². The minimum atomic E-state index is -0.548. The van der Waals surface area contributed by atoms with Crippen molar-refractivity contribution < 1.29 is 14.3 Å². The van der Waals surface area contributed by atoms with E-state index in [2.05, 4.69) is 16.7 Å². The number of likely N-dealkylation sites (N-methyl/N-ethyl adjacent to an activating group) is 1. The first kappa shape index (κ1) is 17.9. The molecule has 1 saturated heterocycles. The summed E-state index contributed by atoms with van der Waals surface area (Å²) in [7, 11) is 0. The Morgan fingerprint density at radius 1 is 1.20 bits per heavy atom. The molecule has 1 aliphatic heterocycles. The molecule has 0 spiro atoms. The molecule has 2 heterocycles. The van der Waals surface area contributed by atoms with Crippen molar-refractivity contribution in [2.75, 3.05) is 45.9 Å². The Balaban J connectivity index is 1.54. The van der Waals surface area contributed by atoms with Crippen molar-refractivity contribution in [2.24, 2.45) is 0 Å². The van der Waals surface area contributed by atoms with Gasteiger partial charge in [-0.25, -0.2) is 4.79 Å². The van der Waals surface area contributed by atoms with Crippen LogP contribution in [0.15, 0.2) is 33.5 Å². The van der Waals surface area contributed by atoms with E-state index < -0.39 is 6.10 Å². The van der Waals surface area contributed by atoms with Crippen LogP contribution in [0.5, 0.6) is 5.75 Å². The molecule has 136 valence electrons. The first-order valence-corrected chi connectivity index (χ1v) is 8.85. The van der Waals surface area contributed by atoms with Gasteiger partial charge in [0.05, 0.1) is 0 Å². The smallest absolute Gasteiger partial charge is 0.336 e. The number of benzene rings is 1. The third-order valence-electron chi connectivity index (χ3n) is 4.75. The summed E-state index contributed by atoms with van der Waals surface area (Å²) in [4.78, 5) is 16.2. The highest BCUT2D eigenvalue weighted by molar-refractivity contribution is 5.81. The summed E-state index contributed by atoms with van der Waals surface area (Å²) in [5.41, 5.74) is 1.02. The molecule has 1 fully saturated rings. The number of hydrogen-bond donors (Lipinski definition) is 1. The minimum Gasteiger partial charge on any atom is -0.491 e. The summed E-state index contributed by atoms with van der Waals surface area (Å²) in [6, 6.07) is 6.89. The lowest BCUT2D eigenvalue weighted by Crippen LogP contribution is -2.49. The van der Waals surface area contributed by atoms with E-state index in [0.29, 0.717) is 17.9 Å². The summed E-state index contributed by atoms with van der Waals surface area (Å²) in [5.74, 6) is 0.594. The maximum Gasteiger partial charge on any atom is 0.336 e. The fourth-order valence-electron chi connectivity index (χ4n) is 3.23. The van der Waals surface area contributed by atoms with Gasteiger partial charge in [-0.15, -0.1) is 0 Å². The number of aliphatic hydroxyl groups excluding tert-OH is 1. The monoisotopic (exact) mass is 346 g/mol. The van der Waals surface area contributed by atoms with Crippen LogP contribution in [0.2, 0.25) is 0 Å². The van der Waals surface area contributed by atoms with Crippen molar-refractivity contribution in [3.8, 4) is 5.75 Å². The molecule has 0 radical (unpaired) electrons. The van der Waals surface area contributed by atoms with Crippen molar-refractivity contribution >= 4 is 11.0 Å². The van der Waals surface area contributed by atoms with Gasteiger partial charge in [-0.3, -0.25) is 4.90 Å². The minimum absolute atomic E-state index is 0.218. The van der Waals surface area contributed by atoms with E-state index in [9.17, 15) is 9.90 Å². The number of aliphatic hydroxyl groups is 1. The highest BCUT2D eigenvalue weighted by Crippen LogP contribution is 2.22. The SMILES string of the molecule is CCN1CCN(CC(O)COc2ccc3c(C)cc(=O)oc3c2)CC1. The van der Waals surface area contributed by atoms with Gasteiger partial charge < -0.3 is 19.2 Å². The molecular formula is C19H26N2O4. The molecule has 1 unspecified atom stereocenters. The van der Waals surface area contributed by atoms with Gasteiger partial charge in [0.25, 0.3) is 0 Å². The quantitative estimate of drug-likeness (QED) is 0.799. The first-order valence-electron chi connectivity index (χ1n) is 8.85. The molecule has 0 saturated carbocycles. The number of rotatable bonds is 6. The highest BCUT2D eigenvalue weighted by atomic mass is 16.5. The van der Waals surface area contributed by atoms with Crippen molar-refractivity contribution in [1.29, 1.82) is 0 Å². The normalized spacial score (nSPS) is 17.7.